The number of aliphatic hydroxyl groups is 1. The molecule has 1 atom stereocenters. The predicted molar refractivity (Wildman–Crippen MR) is 66.7 cm³/mol. The molecule has 1 fully saturated rings. The molecule has 0 aliphatic carbocycles. The Balaban J connectivity index is 2.18. The summed E-state index contributed by atoms with van der Waals surface area (Å²) in [4.78, 5) is 13.2. The molecule has 1 N–H and O–H groups in total. The third kappa shape index (κ3) is 2.79. The number of β-amino-alcohol motifs (C(OH)–C–C–N with tert-alkyl or cyclic N) is 1. The molecule has 1 aromatic carbocycles. The van der Waals surface area contributed by atoms with Crippen molar-refractivity contribution in [3.8, 4) is 5.75 Å². The van der Waals surface area contributed by atoms with Crippen LogP contribution in [0.15, 0.2) is 22.7 Å². The van der Waals surface area contributed by atoms with Gasteiger partial charge in [0.05, 0.1) is 19.6 Å². The zero-order valence-electron chi connectivity index (χ0n) is 9.52. The summed E-state index contributed by atoms with van der Waals surface area (Å²) in [6.45, 7) is 0.868. The molecule has 4 nitrogen and oxygen atoms in total. The second kappa shape index (κ2) is 5.06. The predicted octanol–water partition coefficient (Wildman–Crippen LogP) is 1.55. The maximum absolute atomic E-state index is 11.6. The van der Waals surface area contributed by atoms with Crippen LogP contribution in [-0.2, 0) is 11.3 Å². The van der Waals surface area contributed by atoms with Gasteiger partial charge < -0.3 is 14.7 Å². The van der Waals surface area contributed by atoms with Gasteiger partial charge in [-0.2, -0.15) is 0 Å². The minimum atomic E-state index is -0.541. The number of hydrogen-bond acceptors (Lipinski definition) is 3. The van der Waals surface area contributed by atoms with Crippen LogP contribution >= 0.6 is 15.9 Å². The van der Waals surface area contributed by atoms with E-state index in [1.54, 1.807) is 12.0 Å². The summed E-state index contributed by atoms with van der Waals surface area (Å²) in [5.74, 6) is 0.738. The highest BCUT2D eigenvalue weighted by Gasteiger charge is 2.28. The van der Waals surface area contributed by atoms with E-state index in [2.05, 4.69) is 15.9 Å². The van der Waals surface area contributed by atoms with Crippen molar-refractivity contribution >= 4 is 21.8 Å². The van der Waals surface area contributed by atoms with Gasteiger partial charge in [0, 0.05) is 23.1 Å². The van der Waals surface area contributed by atoms with E-state index in [1.165, 1.54) is 0 Å². The summed E-state index contributed by atoms with van der Waals surface area (Å²) < 4.78 is 6.20. The van der Waals surface area contributed by atoms with Crippen molar-refractivity contribution in [2.45, 2.75) is 19.1 Å². The third-order valence-electron chi connectivity index (χ3n) is 2.80. The molecule has 0 aromatic heterocycles. The summed E-state index contributed by atoms with van der Waals surface area (Å²) in [5.41, 5.74) is 0.935. The Labute approximate surface area is 108 Å². The second-order valence-corrected chi connectivity index (χ2v) is 5.00. The molecule has 1 heterocycles. The van der Waals surface area contributed by atoms with E-state index in [0.717, 1.165) is 15.8 Å². The summed E-state index contributed by atoms with van der Waals surface area (Å²) in [5, 5.41) is 9.43. The van der Waals surface area contributed by atoms with Gasteiger partial charge >= 0.3 is 0 Å². The van der Waals surface area contributed by atoms with Crippen molar-refractivity contribution in [2.75, 3.05) is 13.7 Å². The highest BCUT2D eigenvalue weighted by Crippen LogP contribution is 2.25. The number of nitrogens with zero attached hydrogens (tertiary/aromatic N) is 1. The Hall–Kier alpha value is -1.07. The van der Waals surface area contributed by atoms with Crippen LogP contribution in [0.5, 0.6) is 5.75 Å². The molecule has 0 spiro atoms. The number of hydrogen-bond donors (Lipinski definition) is 1. The first kappa shape index (κ1) is 12.4. The van der Waals surface area contributed by atoms with Crippen molar-refractivity contribution in [3.05, 3.63) is 28.2 Å². The van der Waals surface area contributed by atoms with Crippen LogP contribution in [-0.4, -0.2) is 35.7 Å². The van der Waals surface area contributed by atoms with Crippen LogP contribution in [0.3, 0.4) is 0 Å². The monoisotopic (exact) mass is 299 g/mol. The fourth-order valence-corrected chi connectivity index (χ4v) is 2.39. The molecule has 0 radical (unpaired) electrons. The van der Waals surface area contributed by atoms with Crippen LogP contribution in [0.2, 0.25) is 0 Å². The molecule has 1 unspecified atom stereocenters. The van der Waals surface area contributed by atoms with Gasteiger partial charge in [-0.3, -0.25) is 4.79 Å². The Kier molecular flexibility index (Phi) is 3.69. The zero-order chi connectivity index (χ0) is 12.4. The fourth-order valence-electron chi connectivity index (χ4n) is 1.98. The SMILES string of the molecule is COc1ccc(Br)cc1CN1CC(O)CC1=O. The van der Waals surface area contributed by atoms with E-state index in [9.17, 15) is 9.90 Å². The molecular formula is C12H14BrNO3. The van der Waals surface area contributed by atoms with Crippen LogP contribution in [0.25, 0.3) is 0 Å². The smallest absolute Gasteiger partial charge is 0.225 e. The van der Waals surface area contributed by atoms with Crippen LogP contribution < -0.4 is 4.74 Å². The largest absolute Gasteiger partial charge is 0.496 e. The standard InChI is InChI=1S/C12H14BrNO3/c1-17-11-3-2-9(13)4-8(11)6-14-7-10(15)5-12(14)16/h2-4,10,15H,5-7H2,1H3. The number of carbonyl (C=O) groups is 1. The van der Waals surface area contributed by atoms with E-state index in [1.807, 2.05) is 18.2 Å². The molecule has 1 aromatic rings. The molecule has 0 saturated carbocycles. The molecule has 1 aliphatic heterocycles. The Bertz CT molecular complexity index is 436. The minimum absolute atomic E-state index is 0.0143. The minimum Gasteiger partial charge on any atom is -0.496 e. The molecule has 92 valence electrons. The van der Waals surface area contributed by atoms with Gasteiger partial charge in [0.1, 0.15) is 5.75 Å². The lowest BCUT2D eigenvalue weighted by atomic mass is 10.2. The number of methoxy groups -OCH3 is 1. The van der Waals surface area contributed by atoms with Crippen molar-refractivity contribution < 1.29 is 14.6 Å². The highest BCUT2D eigenvalue weighted by atomic mass is 79.9. The zero-order valence-corrected chi connectivity index (χ0v) is 11.1. The fraction of sp³-hybridized carbons (Fsp3) is 0.417. The Morgan fingerprint density at radius 1 is 1.59 bits per heavy atom. The lowest BCUT2D eigenvalue weighted by molar-refractivity contribution is -0.128. The lowest BCUT2D eigenvalue weighted by Crippen LogP contribution is -2.25. The van der Waals surface area contributed by atoms with Crippen LogP contribution in [0.1, 0.15) is 12.0 Å². The number of carbonyl (C=O) groups excluding carboxylic acids is 1. The molecule has 1 amide bonds. The Morgan fingerprint density at radius 2 is 2.35 bits per heavy atom. The normalized spacial score (nSPS) is 19.8. The second-order valence-electron chi connectivity index (χ2n) is 4.09. The molecule has 0 bridgehead atoms. The van der Waals surface area contributed by atoms with Gasteiger partial charge in [0.25, 0.3) is 0 Å². The van der Waals surface area contributed by atoms with Crippen LogP contribution in [0, 0.1) is 0 Å². The average molecular weight is 300 g/mol. The van der Waals surface area contributed by atoms with E-state index >= 15 is 0 Å². The van der Waals surface area contributed by atoms with Crippen molar-refractivity contribution in [1.29, 1.82) is 0 Å². The molecule has 5 heteroatoms. The van der Waals surface area contributed by atoms with Gasteiger partial charge in [-0.05, 0) is 18.2 Å². The first-order valence-electron chi connectivity index (χ1n) is 5.38. The maximum Gasteiger partial charge on any atom is 0.225 e. The molecule has 17 heavy (non-hydrogen) atoms. The highest BCUT2D eigenvalue weighted by molar-refractivity contribution is 9.10. The molecule has 1 saturated heterocycles. The number of rotatable bonds is 3. The molecular weight excluding hydrogens is 286 g/mol. The molecule has 2 rings (SSSR count). The lowest BCUT2D eigenvalue weighted by Gasteiger charge is -2.17. The average Bonchev–Trinajstić information content (AvgIpc) is 2.58. The summed E-state index contributed by atoms with van der Waals surface area (Å²) in [6, 6.07) is 5.68. The quantitative estimate of drug-likeness (QED) is 0.921. The van der Waals surface area contributed by atoms with E-state index in [0.29, 0.717) is 13.1 Å². The topological polar surface area (TPSA) is 49.8 Å². The summed E-state index contributed by atoms with van der Waals surface area (Å²) >= 11 is 3.39. The summed E-state index contributed by atoms with van der Waals surface area (Å²) in [6.07, 6.45) is -0.322. The third-order valence-corrected chi connectivity index (χ3v) is 3.29. The summed E-state index contributed by atoms with van der Waals surface area (Å²) in [7, 11) is 1.60. The van der Waals surface area contributed by atoms with Gasteiger partial charge in [-0.15, -0.1) is 0 Å². The number of ether oxygens (including phenoxy) is 1. The van der Waals surface area contributed by atoms with E-state index < -0.39 is 6.10 Å². The first-order chi connectivity index (χ1) is 8.10. The number of likely N-dealkylation sites (tertiary alicyclic amines) is 1. The number of halogens is 1. The first-order valence-corrected chi connectivity index (χ1v) is 6.17. The number of aliphatic hydroxyl groups excluding tert-OH is 1. The van der Waals surface area contributed by atoms with Crippen molar-refractivity contribution in [1.82, 2.24) is 4.90 Å². The molecule has 1 aliphatic rings. The van der Waals surface area contributed by atoms with Gasteiger partial charge in [0.15, 0.2) is 0 Å². The maximum atomic E-state index is 11.6. The Morgan fingerprint density at radius 3 is 2.94 bits per heavy atom. The number of amides is 1. The van der Waals surface area contributed by atoms with Gasteiger partial charge in [-0.1, -0.05) is 15.9 Å². The number of benzene rings is 1. The van der Waals surface area contributed by atoms with Gasteiger partial charge in [0.2, 0.25) is 5.91 Å². The van der Waals surface area contributed by atoms with Gasteiger partial charge in [-0.25, -0.2) is 0 Å². The van der Waals surface area contributed by atoms with Crippen LogP contribution in [0.4, 0.5) is 0 Å². The van der Waals surface area contributed by atoms with Crippen molar-refractivity contribution in [2.24, 2.45) is 0 Å². The van der Waals surface area contributed by atoms with E-state index in [4.69, 9.17) is 4.74 Å². The van der Waals surface area contributed by atoms with E-state index in [-0.39, 0.29) is 12.3 Å². The van der Waals surface area contributed by atoms with Crippen molar-refractivity contribution in [3.63, 3.8) is 0 Å².